The molecular formula is C14H15N5O. The van der Waals surface area contributed by atoms with Crippen molar-refractivity contribution >= 4 is 11.6 Å². The molecule has 1 aromatic carbocycles. The molecule has 0 bridgehead atoms. The predicted octanol–water partition coefficient (Wildman–Crippen LogP) is 2.01. The number of rotatable bonds is 5. The van der Waals surface area contributed by atoms with Crippen LogP contribution in [0.2, 0.25) is 0 Å². The summed E-state index contributed by atoms with van der Waals surface area (Å²) in [4.78, 5) is 9.53. The fourth-order valence-electron chi connectivity index (χ4n) is 1.71. The topological polar surface area (TPSA) is 74.1 Å². The summed E-state index contributed by atoms with van der Waals surface area (Å²) in [6.45, 7) is 0.580. The van der Waals surface area contributed by atoms with Crippen LogP contribution in [0, 0.1) is 11.5 Å². The van der Waals surface area contributed by atoms with Gasteiger partial charge < -0.3 is 10.1 Å². The second kappa shape index (κ2) is 6.38. The van der Waals surface area contributed by atoms with Crippen LogP contribution in [0.3, 0.4) is 0 Å². The van der Waals surface area contributed by atoms with Gasteiger partial charge in [-0.2, -0.15) is 5.26 Å². The van der Waals surface area contributed by atoms with Gasteiger partial charge in [-0.3, -0.25) is 4.90 Å². The van der Waals surface area contributed by atoms with Crippen LogP contribution in [0.1, 0.15) is 5.56 Å². The summed E-state index contributed by atoms with van der Waals surface area (Å²) in [7, 11) is 3.29. The zero-order chi connectivity index (χ0) is 14.4. The van der Waals surface area contributed by atoms with E-state index in [2.05, 4.69) is 15.3 Å². The Morgan fingerprint density at radius 2 is 2.15 bits per heavy atom. The van der Waals surface area contributed by atoms with Crippen LogP contribution >= 0.6 is 0 Å². The highest BCUT2D eigenvalue weighted by Gasteiger charge is 2.05. The molecule has 2 aromatic rings. The van der Waals surface area contributed by atoms with Crippen molar-refractivity contribution in [3.63, 3.8) is 0 Å². The number of nitriles is 1. The zero-order valence-electron chi connectivity index (χ0n) is 11.4. The van der Waals surface area contributed by atoms with E-state index in [0.29, 0.717) is 18.2 Å². The average molecular weight is 269 g/mol. The summed E-state index contributed by atoms with van der Waals surface area (Å²) >= 11 is 0. The molecule has 1 aromatic heterocycles. The molecule has 0 aliphatic carbocycles. The van der Waals surface area contributed by atoms with Gasteiger partial charge in [-0.1, -0.05) is 18.2 Å². The molecule has 2 rings (SSSR count). The lowest BCUT2D eigenvalue weighted by Gasteiger charge is -2.11. The van der Waals surface area contributed by atoms with Gasteiger partial charge in [-0.25, -0.2) is 9.97 Å². The number of benzene rings is 1. The van der Waals surface area contributed by atoms with E-state index in [-0.39, 0.29) is 0 Å². The third-order valence-corrected chi connectivity index (χ3v) is 2.80. The number of nitrogens with zero attached hydrogens (tertiary/aromatic N) is 4. The van der Waals surface area contributed by atoms with E-state index in [0.717, 1.165) is 11.3 Å². The minimum Gasteiger partial charge on any atom is -0.496 e. The smallest absolute Gasteiger partial charge is 0.185 e. The number of hydrogen-bond donors (Lipinski definition) is 1. The van der Waals surface area contributed by atoms with E-state index >= 15 is 0 Å². The Kier molecular flexibility index (Phi) is 4.35. The zero-order valence-corrected chi connectivity index (χ0v) is 11.4. The molecule has 0 radical (unpaired) electrons. The number of para-hydroxylation sites is 1. The first-order chi connectivity index (χ1) is 9.74. The molecule has 102 valence electrons. The van der Waals surface area contributed by atoms with E-state index in [4.69, 9.17) is 10.00 Å². The maximum absolute atomic E-state index is 8.83. The Morgan fingerprint density at radius 1 is 1.35 bits per heavy atom. The Balaban J connectivity index is 2.09. The summed E-state index contributed by atoms with van der Waals surface area (Å²) < 4.78 is 5.29. The van der Waals surface area contributed by atoms with E-state index in [1.807, 2.05) is 30.5 Å². The third-order valence-electron chi connectivity index (χ3n) is 2.80. The first kappa shape index (κ1) is 13.6. The van der Waals surface area contributed by atoms with Crippen LogP contribution in [0.5, 0.6) is 5.75 Å². The maximum Gasteiger partial charge on any atom is 0.185 e. The molecule has 1 heterocycles. The van der Waals surface area contributed by atoms with Crippen LogP contribution in [0.25, 0.3) is 0 Å². The number of aromatic nitrogens is 2. The van der Waals surface area contributed by atoms with Crippen molar-refractivity contribution in [1.82, 2.24) is 9.97 Å². The fraction of sp³-hybridized carbons (Fsp3) is 0.214. The van der Waals surface area contributed by atoms with E-state index < -0.39 is 0 Å². The summed E-state index contributed by atoms with van der Waals surface area (Å²) in [6.07, 6.45) is 3.42. The van der Waals surface area contributed by atoms with Crippen LogP contribution in [-0.4, -0.2) is 24.1 Å². The van der Waals surface area contributed by atoms with E-state index in [1.54, 1.807) is 20.2 Å². The molecule has 0 unspecified atom stereocenters. The fourth-order valence-corrected chi connectivity index (χ4v) is 1.71. The minimum absolute atomic E-state index is 0.546. The number of hydrogen-bond acceptors (Lipinski definition) is 6. The second-order valence-corrected chi connectivity index (χ2v) is 4.09. The molecule has 6 nitrogen and oxygen atoms in total. The standard InChI is InChI=1S/C14H15N5O/c1-19(9-15)14-7-13(17-10-18-14)16-8-11-5-3-4-6-12(11)20-2/h3-7,10H,8H2,1-2H3,(H,16,17,18). The Labute approximate surface area is 117 Å². The molecule has 0 amide bonds. The number of nitrogens with one attached hydrogen (secondary N) is 1. The second-order valence-electron chi connectivity index (χ2n) is 4.09. The van der Waals surface area contributed by atoms with Crippen molar-refractivity contribution in [3.8, 4) is 11.9 Å². The SMILES string of the molecule is COc1ccccc1CNc1cc(N(C)C#N)ncn1. The van der Waals surface area contributed by atoms with Gasteiger partial charge in [-0.15, -0.1) is 0 Å². The highest BCUT2D eigenvalue weighted by molar-refractivity contribution is 5.51. The van der Waals surface area contributed by atoms with Crippen molar-refractivity contribution in [2.45, 2.75) is 6.54 Å². The average Bonchev–Trinajstić information content (AvgIpc) is 2.52. The van der Waals surface area contributed by atoms with Crippen LogP contribution in [0.15, 0.2) is 36.7 Å². The van der Waals surface area contributed by atoms with Gasteiger partial charge in [0.15, 0.2) is 6.19 Å². The first-order valence-electron chi connectivity index (χ1n) is 6.06. The minimum atomic E-state index is 0.546. The molecular weight excluding hydrogens is 254 g/mol. The third kappa shape index (κ3) is 3.14. The van der Waals surface area contributed by atoms with Gasteiger partial charge in [0.2, 0.25) is 0 Å². The first-order valence-corrected chi connectivity index (χ1v) is 6.06. The lowest BCUT2D eigenvalue weighted by molar-refractivity contribution is 0.410. The van der Waals surface area contributed by atoms with Crippen molar-refractivity contribution in [2.75, 3.05) is 24.4 Å². The lowest BCUT2D eigenvalue weighted by Crippen LogP contribution is -2.11. The van der Waals surface area contributed by atoms with Gasteiger partial charge in [0.05, 0.1) is 7.11 Å². The monoisotopic (exact) mass is 269 g/mol. The van der Waals surface area contributed by atoms with Gasteiger partial charge in [-0.05, 0) is 6.07 Å². The summed E-state index contributed by atoms with van der Waals surface area (Å²) in [5.41, 5.74) is 1.03. The van der Waals surface area contributed by atoms with Crippen LogP contribution < -0.4 is 15.0 Å². The quantitative estimate of drug-likeness (QED) is 0.661. The Morgan fingerprint density at radius 3 is 2.90 bits per heavy atom. The highest BCUT2D eigenvalue weighted by atomic mass is 16.5. The van der Waals surface area contributed by atoms with Gasteiger partial charge in [0, 0.05) is 25.2 Å². The summed E-state index contributed by atoms with van der Waals surface area (Å²) in [5.74, 6) is 2.02. The normalized spacial score (nSPS) is 9.65. The van der Waals surface area contributed by atoms with E-state index in [1.165, 1.54) is 11.2 Å². The number of methoxy groups -OCH3 is 1. The molecule has 0 saturated carbocycles. The lowest BCUT2D eigenvalue weighted by atomic mass is 10.2. The number of anilines is 2. The van der Waals surface area contributed by atoms with Crippen molar-refractivity contribution in [1.29, 1.82) is 5.26 Å². The van der Waals surface area contributed by atoms with Gasteiger partial charge in [0.25, 0.3) is 0 Å². The maximum atomic E-state index is 8.83. The molecule has 0 saturated heterocycles. The Bertz CT molecular complexity index is 623. The van der Waals surface area contributed by atoms with Crippen LogP contribution in [0.4, 0.5) is 11.6 Å². The predicted molar refractivity (Wildman–Crippen MR) is 76.4 cm³/mol. The van der Waals surface area contributed by atoms with Crippen molar-refractivity contribution in [3.05, 3.63) is 42.2 Å². The number of ether oxygens (including phenoxy) is 1. The van der Waals surface area contributed by atoms with Gasteiger partial charge >= 0.3 is 0 Å². The summed E-state index contributed by atoms with van der Waals surface area (Å²) in [6, 6.07) is 9.49. The van der Waals surface area contributed by atoms with Crippen LogP contribution in [-0.2, 0) is 6.54 Å². The molecule has 6 heteroatoms. The molecule has 0 aliphatic heterocycles. The molecule has 1 N–H and O–H groups in total. The van der Waals surface area contributed by atoms with Gasteiger partial charge in [0.1, 0.15) is 23.7 Å². The molecule has 20 heavy (non-hydrogen) atoms. The van der Waals surface area contributed by atoms with Crippen molar-refractivity contribution < 1.29 is 4.74 Å². The Hall–Kier alpha value is -2.81. The molecule has 0 spiro atoms. The molecule has 0 fully saturated rings. The largest absolute Gasteiger partial charge is 0.496 e. The van der Waals surface area contributed by atoms with E-state index in [9.17, 15) is 0 Å². The summed E-state index contributed by atoms with van der Waals surface area (Å²) in [5, 5.41) is 12.0. The highest BCUT2D eigenvalue weighted by Crippen LogP contribution is 2.19. The molecule has 0 aliphatic rings. The van der Waals surface area contributed by atoms with Crippen molar-refractivity contribution in [2.24, 2.45) is 0 Å². The molecule has 0 atom stereocenters.